The van der Waals surface area contributed by atoms with Crippen LogP contribution >= 0.6 is 33.6 Å². The average molecular weight is 261 g/mol. The van der Waals surface area contributed by atoms with Crippen LogP contribution in [0.3, 0.4) is 0 Å². The molecule has 0 aliphatic carbocycles. The Morgan fingerprint density at radius 2 is 2.15 bits per heavy atom. The number of hydrogen-bond donors (Lipinski definition) is 0. The van der Waals surface area contributed by atoms with Crippen LogP contribution in [0.2, 0.25) is 4.34 Å². The second-order valence-corrected chi connectivity index (χ2v) is 6.03. The lowest BCUT2D eigenvalue weighted by molar-refractivity contribution is -0.120. The highest BCUT2D eigenvalue weighted by Gasteiger charge is 2.20. The zero-order valence-electron chi connectivity index (χ0n) is 5.86. The lowest BCUT2D eigenvalue weighted by Gasteiger charge is -1.94. The van der Waals surface area contributed by atoms with Gasteiger partial charge in [-0.25, -0.2) is 8.42 Å². The van der Waals surface area contributed by atoms with Crippen molar-refractivity contribution in [1.82, 2.24) is 0 Å². The van der Waals surface area contributed by atoms with Crippen LogP contribution in [0.4, 0.5) is 0 Å². The molecule has 0 spiro atoms. The summed E-state index contributed by atoms with van der Waals surface area (Å²) in [6.45, 7) is 0.105. The molecular formula is C5H2Cl2O4S2. The summed E-state index contributed by atoms with van der Waals surface area (Å²) in [6.07, 6.45) is 0. The van der Waals surface area contributed by atoms with Crippen molar-refractivity contribution in [3.63, 3.8) is 0 Å². The van der Waals surface area contributed by atoms with Gasteiger partial charge in [0.1, 0.15) is 4.90 Å². The fraction of sp³-hybridized carbons (Fsp3) is 0. The van der Waals surface area contributed by atoms with E-state index in [1.165, 1.54) is 0 Å². The van der Waals surface area contributed by atoms with E-state index in [4.69, 9.17) is 22.3 Å². The largest absolute Gasteiger partial charge is 0.416 e. The van der Waals surface area contributed by atoms with Crippen molar-refractivity contribution in [2.45, 2.75) is 4.90 Å². The van der Waals surface area contributed by atoms with Gasteiger partial charge in [0.25, 0.3) is 15.5 Å². The van der Waals surface area contributed by atoms with Gasteiger partial charge in [0.15, 0.2) is 0 Å². The molecule has 0 saturated heterocycles. The van der Waals surface area contributed by atoms with Gasteiger partial charge < -0.3 is 4.74 Å². The highest BCUT2D eigenvalue weighted by atomic mass is 35.7. The van der Waals surface area contributed by atoms with Crippen LogP contribution in [0.1, 0.15) is 0 Å². The maximum Gasteiger partial charge on any atom is 0.299 e. The third kappa shape index (κ3) is 2.57. The first kappa shape index (κ1) is 10.8. The second kappa shape index (κ2) is 3.83. The van der Waals surface area contributed by atoms with E-state index in [-0.39, 0.29) is 20.8 Å². The van der Waals surface area contributed by atoms with E-state index in [0.29, 0.717) is 0 Å². The molecule has 4 nitrogen and oxygen atoms in total. The normalized spacial score (nSPS) is 11.2. The number of carbonyl (C=O) groups excluding carboxylic acids is 1. The molecule has 1 aromatic rings. The number of rotatable bonds is 3. The summed E-state index contributed by atoms with van der Waals surface area (Å²) in [6, 6.07) is 1.12. The molecule has 0 saturated carbocycles. The predicted octanol–water partition coefficient (Wildman–Crippen LogP) is 1.86. The van der Waals surface area contributed by atoms with Gasteiger partial charge >= 0.3 is 0 Å². The molecule has 0 amide bonds. The minimum atomic E-state index is -3.92. The molecule has 0 aliphatic rings. The third-order valence-electron chi connectivity index (χ3n) is 1.05. The number of carbonyl (C=O) groups is 1. The van der Waals surface area contributed by atoms with E-state index in [9.17, 15) is 13.2 Å². The lowest BCUT2D eigenvalue weighted by atomic mass is 10.6. The highest BCUT2D eigenvalue weighted by Crippen LogP contribution is 2.38. The molecule has 72 valence electrons. The zero-order chi connectivity index (χ0) is 10.1. The van der Waals surface area contributed by atoms with Crippen molar-refractivity contribution in [1.29, 1.82) is 0 Å². The first-order valence-electron chi connectivity index (χ1n) is 2.79. The van der Waals surface area contributed by atoms with Crippen molar-refractivity contribution in [3.8, 4) is 5.06 Å². The summed E-state index contributed by atoms with van der Waals surface area (Å²) in [4.78, 5) is 9.67. The van der Waals surface area contributed by atoms with Gasteiger partial charge in [-0.1, -0.05) is 22.9 Å². The van der Waals surface area contributed by atoms with Gasteiger partial charge in [-0.05, 0) is 6.07 Å². The molecule has 13 heavy (non-hydrogen) atoms. The maximum absolute atomic E-state index is 10.9. The van der Waals surface area contributed by atoms with E-state index in [0.717, 1.165) is 17.4 Å². The smallest absolute Gasteiger partial charge is 0.299 e. The first-order valence-corrected chi connectivity index (χ1v) is 6.30. The third-order valence-corrected chi connectivity index (χ3v) is 3.67. The summed E-state index contributed by atoms with van der Waals surface area (Å²) in [5.74, 6) is 0. The molecule has 0 unspecified atom stereocenters. The van der Waals surface area contributed by atoms with E-state index in [2.05, 4.69) is 4.74 Å². The average Bonchev–Trinajstić information content (AvgIpc) is 2.30. The van der Waals surface area contributed by atoms with Crippen molar-refractivity contribution in [2.75, 3.05) is 0 Å². The Hall–Kier alpha value is -0.300. The molecule has 0 fully saturated rings. The van der Waals surface area contributed by atoms with Gasteiger partial charge in [-0.3, -0.25) is 4.79 Å². The van der Waals surface area contributed by atoms with E-state index in [1.807, 2.05) is 0 Å². The number of halogens is 2. The SMILES string of the molecule is O=COc1sc(Cl)cc1S(=O)(=O)Cl. The molecule has 0 N–H and O–H groups in total. The predicted molar refractivity (Wildman–Crippen MR) is 49.1 cm³/mol. The summed E-state index contributed by atoms with van der Waals surface area (Å²) in [5, 5.41) is -0.130. The second-order valence-electron chi connectivity index (χ2n) is 1.85. The van der Waals surface area contributed by atoms with Crippen molar-refractivity contribution in [3.05, 3.63) is 10.4 Å². The van der Waals surface area contributed by atoms with Gasteiger partial charge in [-0.15, -0.1) is 0 Å². The Bertz CT molecular complexity index is 422. The van der Waals surface area contributed by atoms with Crippen LogP contribution in [-0.4, -0.2) is 14.9 Å². The molecule has 1 rings (SSSR count). The molecule has 0 aromatic carbocycles. The van der Waals surface area contributed by atoms with Crippen LogP contribution in [0.15, 0.2) is 11.0 Å². The van der Waals surface area contributed by atoms with Crippen molar-refractivity contribution in [2.24, 2.45) is 0 Å². The van der Waals surface area contributed by atoms with Crippen LogP contribution in [0.5, 0.6) is 5.06 Å². The summed E-state index contributed by atoms with van der Waals surface area (Å²) in [5.41, 5.74) is 0. The monoisotopic (exact) mass is 260 g/mol. The van der Waals surface area contributed by atoms with Gasteiger partial charge in [0.2, 0.25) is 5.06 Å². The van der Waals surface area contributed by atoms with Crippen LogP contribution in [0, 0.1) is 0 Å². The number of hydrogen-bond acceptors (Lipinski definition) is 5. The van der Waals surface area contributed by atoms with Gasteiger partial charge in [0.05, 0.1) is 4.34 Å². The number of ether oxygens (including phenoxy) is 1. The quantitative estimate of drug-likeness (QED) is 0.615. The molecule has 1 heterocycles. The first-order chi connectivity index (χ1) is 5.95. The Morgan fingerprint density at radius 1 is 1.54 bits per heavy atom. The molecule has 0 aliphatic heterocycles. The van der Waals surface area contributed by atoms with Crippen molar-refractivity contribution < 1.29 is 17.9 Å². The molecule has 8 heteroatoms. The van der Waals surface area contributed by atoms with E-state index < -0.39 is 9.05 Å². The maximum atomic E-state index is 10.9. The Balaban J connectivity index is 3.27. The Kier molecular flexibility index (Phi) is 3.18. The molecule has 0 bridgehead atoms. The van der Waals surface area contributed by atoms with Crippen molar-refractivity contribution >= 4 is 49.1 Å². The summed E-state index contributed by atoms with van der Waals surface area (Å²) < 4.78 is 26.3. The highest BCUT2D eigenvalue weighted by molar-refractivity contribution is 8.14. The van der Waals surface area contributed by atoms with Crippen LogP contribution in [0.25, 0.3) is 0 Å². The fourth-order valence-electron chi connectivity index (χ4n) is 0.626. The van der Waals surface area contributed by atoms with Gasteiger partial charge in [0, 0.05) is 10.7 Å². The molecule has 1 aromatic heterocycles. The fourth-order valence-corrected chi connectivity index (χ4v) is 3.13. The minimum absolute atomic E-state index is 0.105. The Labute approximate surface area is 87.4 Å². The van der Waals surface area contributed by atoms with E-state index in [1.54, 1.807) is 0 Å². The topological polar surface area (TPSA) is 60.4 Å². The van der Waals surface area contributed by atoms with Crippen LogP contribution < -0.4 is 4.74 Å². The van der Waals surface area contributed by atoms with Gasteiger partial charge in [-0.2, -0.15) is 0 Å². The zero-order valence-corrected chi connectivity index (χ0v) is 9.00. The van der Waals surface area contributed by atoms with Crippen LogP contribution in [-0.2, 0) is 13.8 Å². The molecule has 0 radical (unpaired) electrons. The lowest BCUT2D eigenvalue weighted by Crippen LogP contribution is -1.93. The standard InChI is InChI=1S/C5H2Cl2O4S2/c6-4-1-3(13(7,9)10)5(12-4)11-2-8/h1-2H. The minimum Gasteiger partial charge on any atom is -0.416 e. The summed E-state index contributed by atoms with van der Waals surface area (Å²) >= 11 is 6.32. The summed E-state index contributed by atoms with van der Waals surface area (Å²) in [7, 11) is 1.12. The Morgan fingerprint density at radius 3 is 2.62 bits per heavy atom. The molecular weight excluding hydrogens is 259 g/mol. The number of thiophene rings is 1. The van der Waals surface area contributed by atoms with E-state index >= 15 is 0 Å². The molecule has 0 atom stereocenters.